The Morgan fingerprint density at radius 2 is 1.83 bits per heavy atom. The number of hydrogen-bond donors (Lipinski definition) is 1. The van der Waals surface area contributed by atoms with E-state index in [1.807, 2.05) is 25.6 Å². The Hall–Kier alpha value is 0.310. The van der Waals surface area contributed by atoms with Gasteiger partial charge in [-0.25, -0.2) is 0 Å². The van der Waals surface area contributed by atoms with Gasteiger partial charge in [0.05, 0.1) is 5.60 Å². The molecule has 0 rings (SSSR count). The third-order valence-corrected chi connectivity index (χ3v) is 3.09. The fourth-order valence-electron chi connectivity index (χ4n) is 0.953. The van der Waals surface area contributed by atoms with Crippen LogP contribution in [0.5, 0.6) is 0 Å². The molecule has 0 saturated heterocycles. The quantitative estimate of drug-likeness (QED) is 0.623. The molecule has 0 aliphatic heterocycles. The Morgan fingerprint density at radius 3 is 2.33 bits per heavy atom. The van der Waals surface area contributed by atoms with Crippen molar-refractivity contribution in [1.82, 2.24) is 0 Å². The summed E-state index contributed by atoms with van der Waals surface area (Å²) in [5.41, 5.74) is -0.491. The van der Waals surface area contributed by atoms with Crippen LogP contribution in [0.2, 0.25) is 0 Å². The van der Waals surface area contributed by atoms with Gasteiger partial charge in [0.25, 0.3) is 0 Å². The molecule has 0 aromatic rings. The second kappa shape index (κ2) is 6.79. The number of unbranched alkanes of at least 4 members (excludes halogenated alkanes) is 3. The molecule has 74 valence electrons. The van der Waals surface area contributed by atoms with Gasteiger partial charge in [-0.05, 0) is 26.0 Å². The molecule has 0 heterocycles. The van der Waals surface area contributed by atoms with Crippen LogP contribution in [-0.2, 0) is 0 Å². The van der Waals surface area contributed by atoms with Gasteiger partial charge in [-0.1, -0.05) is 26.2 Å². The van der Waals surface area contributed by atoms with E-state index in [0.717, 1.165) is 5.75 Å². The summed E-state index contributed by atoms with van der Waals surface area (Å²) in [7, 11) is 0. The lowest BCUT2D eigenvalue weighted by Gasteiger charge is -2.15. The molecule has 0 saturated carbocycles. The average molecular weight is 190 g/mol. The van der Waals surface area contributed by atoms with Crippen LogP contribution in [0.4, 0.5) is 0 Å². The molecule has 1 N–H and O–H groups in total. The molecular formula is C10H22OS. The maximum Gasteiger partial charge on any atom is 0.0681 e. The SMILES string of the molecule is CCCCCCSCC(C)(C)O. The highest BCUT2D eigenvalue weighted by Crippen LogP contribution is 2.14. The van der Waals surface area contributed by atoms with Crippen molar-refractivity contribution in [2.45, 2.75) is 52.1 Å². The first-order valence-corrected chi connectivity index (χ1v) is 6.02. The van der Waals surface area contributed by atoms with Crippen molar-refractivity contribution in [3.8, 4) is 0 Å². The van der Waals surface area contributed by atoms with E-state index >= 15 is 0 Å². The van der Waals surface area contributed by atoms with Crippen LogP contribution < -0.4 is 0 Å². The van der Waals surface area contributed by atoms with Gasteiger partial charge in [0.15, 0.2) is 0 Å². The highest BCUT2D eigenvalue weighted by molar-refractivity contribution is 7.99. The zero-order valence-corrected chi connectivity index (χ0v) is 9.41. The van der Waals surface area contributed by atoms with Gasteiger partial charge in [0, 0.05) is 5.75 Å². The van der Waals surface area contributed by atoms with E-state index in [1.165, 1.54) is 31.4 Å². The van der Waals surface area contributed by atoms with E-state index in [1.54, 1.807) is 0 Å². The monoisotopic (exact) mass is 190 g/mol. The van der Waals surface area contributed by atoms with E-state index < -0.39 is 5.60 Å². The summed E-state index contributed by atoms with van der Waals surface area (Å²) in [6, 6.07) is 0. The molecule has 12 heavy (non-hydrogen) atoms. The molecule has 0 aromatic carbocycles. The highest BCUT2D eigenvalue weighted by atomic mass is 32.2. The van der Waals surface area contributed by atoms with Crippen LogP contribution in [-0.4, -0.2) is 22.2 Å². The van der Waals surface area contributed by atoms with Crippen molar-refractivity contribution >= 4 is 11.8 Å². The lowest BCUT2D eigenvalue weighted by Crippen LogP contribution is -2.21. The van der Waals surface area contributed by atoms with Gasteiger partial charge in [0.1, 0.15) is 0 Å². The van der Waals surface area contributed by atoms with Crippen molar-refractivity contribution in [2.24, 2.45) is 0 Å². The number of rotatable bonds is 7. The molecule has 0 atom stereocenters. The Kier molecular flexibility index (Phi) is 6.96. The summed E-state index contributed by atoms with van der Waals surface area (Å²) in [5, 5.41) is 9.40. The topological polar surface area (TPSA) is 20.2 Å². The minimum absolute atomic E-state index is 0.491. The van der Waals surface area contributed by atoms with Gasteiger partial charge in [-0.15, -0.1) is 0 Å². The van der Waals surface area contributed by atoms with E-state index in [2.05, 4.69) is 6.92 Å². The summed E-state index contributed by atoms with van der Waals surface area (Å²) >= 11 is 1.86. The summed E-state index contributed by atoms with van der Waals surface area (Å²) in [5.74, 6) is 2.06. The van der Waals surface area contributed by atoms with Crippen molar-refractivity contribution in [3.63, 3.8) is 0 Å². The van der Waals surface area contributed by atoms with Crippen LogP contribution in [0.1, 0.15) is 46.5 Å². The minimum atomic E-state index is -0.491. The molecule has 0 aliphatic carbocycles. The fourth-order valence-corrected chi connectivity index (χ4v) is 2.00. The lowest BCUT2D eigenvalue weighted by atomic mass is 10.2. The molecule has 0 aromatic heterocycles. The van der Waals surface area contributed by atoms with Crippen LogP contribution >= 0.6 is 11.8 Å². The summed E-state index contributed by atoms with van der Waals surface area (Å²) in [6.45, 7) is 5.96. The maximum atomic E-state index is 9.40. The normalized spacial score (nSPS) is 12.0. The minimum Gasteiger partial charge on any atom is -0.390 e. The molecule has 0 unspecified atom stereocenters. The molecule has 0 aliphatic rings. The number of thioether (sulfide) groups is 1. The molecular weight excluding hydrogens is 168 g/mol. The lowest BCUT2D eigenvalue weighted by molar-refractivity contribution is 0.107. The number of aliphatic hydroxyl groups is 1. The van der Waals surface area contributed by atoms with E-state index in [4.69, 9.17) is 0 Å². The summed E-state index contributed by atoms with van der Waals surface area (Å²) in [6.07, 6.45) is 5.29. The molecule has 0 amide bonds. The van der Waals surface area contributed by atoms with Gasteiger partial charge in [-0.2, -0.15) is 11.8 Å². The Morgan fingerprint density at radius 1 is 1.17 bits per heavy atom. The Bertz CT molecular complexity index is 96.5. The molecule has 0 spiro atoms. The van der Waals surface area contributed by atoms with Crippen LogP contribution in [0.3, 0.4) is 0 Å². The Labute approximate surface area is 80.9 Å². The first kappa shape index (κ1) is 12.3. The first-order valence-electron chi connectivity index (χ1n) is 4.86. The molecule has 2 heteroatoms. The second-order valence-electron chi connectivity index (χ2n) is 3.93. The first-order chi connectivity index (χ1) is 5.56. The van der Waals surface area contributed by atoms with Crippen molar-refractivity contribution in [1.29, 1.82) is 0 Å². The van der Waals surface area contributed by atoms with Crippen LogP contribution in [0, 0.1) is 0 Å². The zero-order chi connectivity index (χ0) is 9.45. The standard InChI is InChI=1S/C10H22OS/c1-4-5-6-7-8-12-9-10(2,3)11/h11H,4-9H2,1-3H3. The smallest absolute Gasteiger partial charge is 0.0681 e. The predicted octanol–water partition coefficient (Wildman–Crippen LogP) is 3.07. The van der Waals surface area contributed by atoms with Gasteiger partial charge >= 0.3 is 0 Å². The molecule has 0 bridgehead atoms. The van der Waals surface area contributed by atoms with E-state index in [-0.39, 0.29) is 0 Å². The summed E-state index contributed by atoms with van der Waals surface area (Å²) < 4.78 is 0. The van der Waals surface area contributed by atoms with Crippen molar-refractivity contribution < 1.29 is 5.11 Å². The maximum absolute atomic E-state index is 9.40. The fraction of sp³-hybridized carbons (Fsp3) is 1.00. The van der Waals surface area contributed by atoms with E-state index in [0.29, 0.717) is 0 Å². The van der Waals surface area contributed by atoms with E-state index in [9.17, 15) is 5.11 Å². The third kappa shape index (κ3) is 10.3. The molecule has 0 radical (unpaired) electrons. The molecule has 1 nitrogen and oxygen atoms in total. The average Bonchev–Trinajstić information content (AvgIpc) is 1.94. The van der Waals surface area contributed by atoms with Gasteiger partial charge < -0.3 is 5.11 Å². The van der Waals surface area contributed by atoms with Crippen molar-refractivity contribution in [2.75, 3.05) is 11.5 Å². The van der Waals surface area contributed by atoms with Crippen molar-refractivity contribution in [3.05, 3.63) is 0 Å². The number of hydrogen-bond acceptors (Lipinski definition) is 2. The third-order valence-electron chi connectivity index (χ3n) is 1.60. The second-order valence-corrected chi connectivity index (χ2v) is 5.03. The predicted molar refractivity (Wildman–Crippen MR) is 57.8 cm³/mol. The highest BCUT2D eigenvalue weighted by Gasteiger charge is 2.11. The Balaban J connectivity index is 3.01. The van der Waals surface area contributed by atoms with Gasteiger partial charge in [-0.3, -0.25) is 0 Å². The van der Waals surface area contributed by atoms with Crippen LogP contribution in [0.15, 0.2) is 0 Å². The van der Waals surface area contributed by atoms with Gasteiger partial charge in [0.2, 0.25) is 0 Å². The van der Waals surface area contributed by atoms with Crippen LogP contribution in [0.25, 0.3) is 0 Å². The molecule has 0 fully saturated rings. The summed E-state index contributed by atoms with van der Waals surface area (Å²) in [4.78, 5) is 0. The largest absolute Gasteiger partial charge is 0.390 e. The zero-order valence-electron chi connectivity index (χ0n) is 8.60.